The lowest BCUT2D eigenvalue weighted by Crippen LogP contribution is -2.29. The van der Waals surface area contributed by atoms with Gasteiger partial charge in [0.05, 0.1) is 12.7 Å². The SMILES string of the molecule is C=CCOC1CCC(/C=C/C2CCC(C3CCC(C4CCC(C=C)CC4)CC3)CC2)CC1. The average molecular weight is 439 g/mol. The quantitative estimate of drug-likeness (QED) is 0.344. The van der Waals surface area contributed by atoms with E-state index in [2.05, 4.69) is 31.4 Å². The minimum Gasteiger partial charge on any atom is -0.374 e. The molecule has 0 atom stereocenters. The van der Waals surface area contributed by atoms with Crippen molar-refractivity contribution in [1.82, 2.24) is 0 Å². The van der Waals surface area contributed by atoms with E-state index in [4.69, 9.17) is 4.74 Å². The van der Waals surface area contributed by atoms with Crippen LogP contribution >= 0.6 is 0 Å². The van der Waals surface area contributed by atoms with E-state index in [1.54, 1.807) is 0 Å². The Morgan fingerprint density at radius 1 is 0.500 bits per heavy atom. The van der Waals surface area contributed by atoms with Crippen molar-refractivity contribution in [3.05, 3.63) is 37.5 Å². The van der Waals surface area contributed by atoms with E-state index in [1.807, 2.05) is 6.08 Å². The fourth-order valence-corrected chi connectivity index (χ4v) is 7.71. The molecule has 180 valence electrons. The first-order valence-corrected chi connectivity index (χ1v) is 14.3. The fraction of sp³-hybridized carbons (Fsp3) is 0.806. The lowest BCUT2D eigenvalue weighted by molar-refractivity contribution is 0.0395. The summed E-state index contributed by atoms with van der Waals surface area (Å²) in [5.41, 5.74) is 0. The first kappa shape index (κ1) is 24.3. The molecule has 0 aromatic heterocycles. The van der Waals surface area contributed by atoms with Gasteiger partial charge in [0.25, 0.3) is 0 Å². The van der Waals surface area contributed by atoms with Crippen LogP contribution in [0.2, 0.25) is 0 Å². The van der Waals surface area contributed by atoms with Crippen LogP contribution in [0, 0.1) is 41.4 Å². The second kappa shape index (κ2) is 12.6. The first-order chi connectivity index (χ1) is 15.7. The number of hydrogen-bond acceptors (Lipinski definition) is 1. The topological polar surface area (TPSA) is 9.23 Å². The molecule has 32 heavy (non-hydrogen) atoms. The Bertz CT molecular complexity index is 574. The summed E-state index contributed by atoms with van der Waals surface area (Å²) in [4.78, 5) is 0. The maximum atomic E-state index is 5.85. The zero-order valence-corrected chi connectivity index (χ0v) is 20.8. The minimum absolute atomic E-state index is 0.477. The molecule has 4 aliphatic carbocycles. The van der Waals surface area contributed by atoms with Crippen LogP contribution in [0.3, 0.4) is 0 Å². The van der Waals surface area contributed by atoms with Gasteiger partial charge in [0.2, 0.25) is 0 Å². The largest absolute Gasteiger partial charge is 0.374 e. The monoisotopic (exact) mass is 438 g/mol. The number of rotatable bonds is 8. The number of allylic oxidation sites excluding steroid dienone is 3. The molecular weight excluding hydrogens is 388 g/mol. The van der Waals surface area contributed by atoms with E-state index in [1.165, 1.54) is 103 Å². The summed E-state index contributed by atoms with van der Waals surface area (Å²) in [7, 11) is 0. The summed E-state index contributed by atoms with van der Waals surface area (Å²) in [6, 6.07) is 0. The highest BCUT2D eigenvalue weighted by molar-refractivity contribution is 4.97. The van der Waals surface area contributed by atoms with Crippen molar-refractivity contribution in [2.75, 3.05) is 6.61 Å². The number of ether oxygens (including phenoxy) is 1. The van der Waals surface area contributed by atoms with E-state index in [-0.39, 0.29) is 0 Å². The third-order valence-corrected chi connectivity index (χ3v) is 9.94. The van der Waals surface area contributed by atoms with Gasteiger partial charge in [0.15, 0.2) is 0 Å². The molecular formula is C31H50O. The predicted molar refractivity (Wildman–Crippen MR) is 138 cm³/mol. The van der Waals surface area contributed by atoms with Gasteiger partial charge in [-0.25, -0.2) is 0 Å². The van der Waals surface area contributed by atoms with E-state index in [0.29, 0.717) is 12.7 Å². The van der Waals surface area contributed by atoms with Crippen molar-refractivity contribution in [2.24, 2.45) is 41.4 Å². The van der Waals surface area contributed by atoms with Gasteiger partial charge >= 0.3 is 0 Å². The summed E-state index contributed by atoms with van der Waals surface area (Å²) in [5, 5.41) is 0. The minimum atomic E-state index is 0.477. The van der Waals surface area contributed by atoms with Gasteiger partial charge in [-0.2, -0.15) is 0 Å². The highest BCUT2D eigenvalue weighted by atomic mass is 16.5. The van der Waals surface area contributed by atoms with Gasteiger partial charge in [-0.3, -0.25) is 0 Å². The fourth-order valence-electron chi connectivity index (χ4n) is 7.71. The van der Waals surface area contributed by atoms with E-state index in [0.717, 1.165) is 41.4 Å². The zero-order chi connectivity index (χ0) is 22.2. The summed E-state index contributed by atoms with van der Waals surface area (Å²) in [5.74, 6) is 6.65. The van der Waals surface area contributed by atoms with Gasteiger partial charge in [0.1, 0.15) is 0 Å². The van der Waals surface area contributed by atoms with Gasteiger partial charge in [-0.05, 0) is 144 Å². The normalized spacial score (nSPS) is 41.4. The second-order valence-electron chi connectivity index (χ2n) is 11.8. The van der Waals surface area contributed by atoms with Crippen LogP contribution in [-0.2, 0) is 4.74 Å². The van der Waals surface area contributed by atoms with Crippen molar-refractivity contribution >= 4 is 0 Å². The van der Waals surface area contributed by atoms with E-state index in [9.17, 15) is 0 Å². The Morgan fingerprint density at radius 2 is 0.875 bits per heavy atom. The predicted octanol–water partition coefficient (Wildman–Crippen LogP) is 8.91. The molecule has 0 saturated heterocycles. The molecule has 0 aliphatic heterocycles. The molecule has 1 heteroatoms. The Labute approximate surface area is 199 Å². The molecule has 0 bridgehead atoms. The maximum Gasteiger partial charge on any atom is 0.0648 e. The summed E-state index contributed by atoms with van der Waals surface area (Å²) >= 11 is 0. The Kier molecular flexibility index (Phi) is 9.56. The smallest absolute Gasteiger partial charge is 0.0648 e. The maximum absolute atomic E-state index is 5.85. The summed E-state index contributed by atoms with van der Waals surface area (Å²) < 4.78 is 5.85. The lowest BCUT2D eigenvalue weighted by Gasteiger charge is -2.41. The molecule has 4 saturated carbocycles. The molecule has 0 heterocycles. The highest BCUT2D eigenvalue weighted by Gasteiger charge is 2.34. The molecule has 0 unspecified atom stereocenters. The average Bonchev–Trinajstić information content (AvgIpc) is 2.87. The molecule has 4 rings (SSSR count). The third-order valence-electron chi connectivity index (χ3n) is 9.94. The van der Waals surface area contributed by atoms with Crippen LogP contribution in [0.4, 0.5) is 0 Å². The second-order valence-corrected chi connectivity index (χ2v) is 11.8. The molecule has 0 N–H and O–H groups in total. The standard InChI is InChI=1S/C31H50O/c1-3-23-32-31-21-11-26(12-22-31)6-5-25-9-15-28(16-10-25)30-19-17-29(18-20-30)27-13-7-24(4-2)8-14-27/h3-6,24-31H,1-2,7-23H2/b6-5+. The van der Waals surface area contributed by atoms with Gasteiger partial charge < -0.3 is 4.74 Å². The lowest BCUT2D eigenvalue weighted by atomic mass is 9.65. The summed E-state index contributed by atoms with van der Waals surface area (Å²) in [6.45, 7) is 8.50. The van der Waals surface area contributed by atoms with Gasteiger partial charge in [0, 0.05) is 0 Å². The zero-order valence-electron chi connectivity index (χ0n) is 20.8. The van der Waals surface area contributed by atoms with E-state index >= 15 is 0 Å². The molecule has 0 radical (unpaired) electrons. The van der Waals surface area contributed by atoms with E-state index < -0.39 is 0 Å². The van der Waals surface area contributed by atoms with Crippen molar-refractivity contribution < 1.29 is 4.74 Å². The Hall–Kier alpha value is -0.820. The van der Waals surface area contributed by atoms with Crippen LogP contribution in [0.5, 0.6) is 0 Å². The molecule has 0 spiro atoms. The van der Waals surface area contributed by atoms with Crippen molar-refractivity contribution in [1.29, 1.82) is 0 Å². The summed E-state index contributed by atoms with van der Waals surface area (Å²) in [6.07, 6.45) is 32.7. The first-order valence-electron chi connectivity index (χ1n) is 14.3. The number of hydrogen-bond donors (Lipinski definition) is 0. The van der Waals surface area contributed by atoms with Crippen molar-refractivity contribution in [3.63, 3.8) is 0 Å². The third kappa shape index (κ3) is 6.85. The molecule has 4 fully saturated rings. The molecule has 4 aliphatic rings. The van der Waals surface area contributed by atoms with Crippen molar-refractivity contribution in [2.45, 2.75) is 109 Å². The van der Waals surface area contributed by atoms with Crippen LogP contribution in [0.15, 0.2) is 37.5 Å². The Morgan fingerprint density at radius 3 is 1.28 bits per heavy atom. The van der Waals surface area contributed by atoms with Gasteiger partial charge in [-0.1, -0.05) is 24.3 Å². The molecule has 0 aromatic rings. The van der Waals surface area contributed by atoms with Crippen LogP contribution in [-0.4, -0.2) is 12.7 Å². The van der Waals surface area contributed by atoms with Crippen LogP contribution < -0.4 is 0 Å². The van der Waals surface area contributed by atoms with Crippen LogP contribution in [0.25, 0.3) is 0 Å². The molecule has 0 aromatic carbocycles. The Balaban J connectivity index is 1.11. The van der Waals surface area contributed by atoms with Crippen LogP contribution in [0.1, 0.15) is 103 Å². The van der Waals surface area contributed by atoms with Crippen molar-refractivity contribution in [3.8, 4) is 0 Å². The molecule has 0 amide bonds. The highest BCUT2D eigenvalue weighted by Crippen LogP contribution is 2.46. The molecule has 1 nitrogen and oxygen atoms in total. The van der Waals surface area contributed by atoms with Gasteiger partial charge in [-0.15, -0.1) is 13.2 Å².